The Morgan fingerprint density at radius 2 is 2.12 bits per heavy atom. The second-order valence-electron chi connectivity index (χ2n) is 5.57. The van der Waals surface area contributed by atoms with Crippen LogP contribution >= 0.6 is 11.6 Å². The van der Waals surface area contributed by atoms with Crippen LogP contribution in [-0.2, 0) is 11.3 Å². The minimum absolute atomic E-state index is 0.0402. The van der Waals surface area contributed by atoms with Gasteiger partial charge in [0.25, 0.3) is 0 Å². The van der Waals surface area contributed by atoms with Crippen LogP contribution in [0.4, 0.5) is 8.78 Å². The molecule has 3 aromatic rings. The first kappa shape index (κ1) is 16.6. The normalized spacial score (nSPS) is 14.6. The molecule has 0 atom stereocenters. The number of imidazole rings is 1. The molecule has 0 radical (unpaired) electrons. The van der Waals surface area contributed by atoms with E-state index in [1.165, 1.54) is 13.2 Å². The average Bonchev–Trinajstić information content (AvgIpc) is 3.09. The zero-order valence-corrected chi connectivity index (χ0v) is 14.1. The van der Waals surface area contributed by atoms with E-state index in [0.29, 0.717) is 22.2 Å². The van der Waals surface area contributed by atoms with Gasteiger partial charge < -0.3 is 18.8 Å². The second kappa shape index (κ2) is 5.84. The number of alkyl halides is 2. The fourth-order valence-electron chi connectivity index (χ4n) is 2.82. The summed E-state index contributed by atoms with van der Waals surface area (Å²) in [6, 6.07) is 9.40. The Bertz CT molecular complexity index is 1040. The number of halogens is 3. The van der Waals surface area contributed by atoms with Gasteiger partial charge in [-0.3, -0.25) is 0 Å². The number of benzene rings is 2. The molecule has 26 heavy (non-hydrogen) atoms. The van der Waals surface area contributed by atoms with Gasteiger partial charge in [0.05, 0.1) is 30.3 Å². The van der Waals surface area contributed by atoms with E-state index < -0.39 is 12.3 Å². The monoisotopic (exact) mass is 380 g/mol. The lowest BCUT2D eigenvalue weighted by molar-refractivity contribution is -0.286. The van der Waals surface area contributed by atoms with E-state index in [9.17, 15) is 13.6 Å². The number of hydrogen-bond acceptors (Lipinski definition) is 5. The Hall–Kier alpha value is -2.87. The maximum absolute atomic E-state index is 13.3. The minimum Gasteiger partial charge on any atom is -0.465 e. The Kier molecular flexibility index (Phi) is 3.73. The molecule has 0 fully saturated rings. The average molecular weight is 381 g/mol. The Morgan fingerprint density at radius 3 is 2.88 bits per heavy atom. The molecule has 134 valence electrons. The lowest BCUT2D eigenvalue weighted by Gasteiger charge is -2.09. The fraction of sp³-hybridized carbons (Fsp3) is 0.176. The number of esters is 1. The first-order valence-electron chi connectivity index (χ1n) is 7.50. The summed E-state index contributed by atoms with van der Waals surface area (Å²) in [7, 11) is 1.28. The van der Waals surface area contributed by atoms with E-state index in [4.69, 9.17) is 11.6 Å². The molecule has 0 saturated carbocycles. The first-order chi connectivity index (χ1) is 12.4. The molecule has 1 aliphatic heterocycles. The molecule has 6 nitrogen and oxygen atoms in total. The van der Waals surface area contributed by atoms with E-state index in [1.807, 2.05) is 0 Å². The summed E-state index contributed by atoms with van der Waals surface area (Å²) in [5.41, 5.74) is 1.90. The Labute approximate surface area is 150 Å². The smallest absolute Gasteiger partial charge is 0.465 e. The molecule has 0 amide bonds. The number of carbonyl (C=O) groups is 1. The largest absolute Gasteiger partial charge is 0.586 e. The molecule has 1 aliphatic rings. The van der Waals surface area contributed by atoms with E-state index in [0.717, 1.165) is 0 Å². The first-order valence-corrected chi connectivity index (χ1v) is 7.87. The number of aromatic nitrogens is 2. The van der Waals surface area contributed by atoms with Crippen molar-refractivity contribution in [1.82, 2.24) is 9.55 Å². The van der Waals surface area contributed by atoms with Crippen LogP contribution in [0.5, 0.6) is 11.5 Å². The third-order valence-corrected chi connectivity index (χ3v) is 4.25. The summed E-state index contributed by atoms with van der Waals surface area (Å²) >= 11 is 6.21. The number of fused-ring (bicyclic) bond motifs is 2. The lowest BCUT2D eigenvalue weighted by atomic mass is 10.1. The van der Waals surface area contributed by atoms with Crippen molar-refractivity contribution in [2.24, 2.45) is 0 Å². The highest BCUT2D eigenvalue weighted by molar-refractivity contribution is 6.29. The third-order valence-electron chi connectivity index (χ3n) is 3.96. The van der Waals surface area contributed by atoms with Gasteiger partial charge in [0, 0.05) is 5.56 Å². The summed E-state index contributed by atoms with van der Waals surface area (Å²) < 4.78 is 42.1. The van der Waals surface area contributed by atoms with Gasteiger partial charge in [0.2, 0.25) is 5.28 Å². The molecule has 0 spiro atoms. The zero-order chi connectivity index (χ0) is 18.5. The van der Waals surface area contributed by atoms with E-state index in [2.05, 4.69) is 19.2 Å². The summed E-state index contributed by atoms with van der Waals surface area (Å²) in [6.07, 6.45) is -3.70. The molecule has 0 aliphatic carbocycles. The number of hydrogen-bond donors (Lipinski definition) is 0. The van der Waals surface area contributed by atoms with E-state index in [1.54, 1.807) is 34.9 Å². The lowest BCUT2D eigenvalue weighted by Crippen LogP contribution is -2.26. The van der Waals surface area contributed by atoms with Crippen molar-refractivity contribution in [1.29, 1.82) is 0 Å². The third kappa shape index (κ3) is 2.72. The van der Waals surface area contributed by atoms with Gasteiger partial charge in [0.1, 0.15) is 0 Å². The van der Waals surface area contributed by atoms with Crippen molar-refractivity contribution in [2.75, 3.05) is 7.11 Å². The fourth-order valence-corrected chi connectivity index (χ4v) is 3.06. The zero-order valence-electron chi connectivity index (χ0n) is 13.3. The van der Waals surface area contributed by atoms with E-state index >= 15 is 0 Å². The molecule has 4 rings (SSSR count). The number of nitrogens with zero attached hydrogens (tertiary/aromatic N) is 2. The van der Waals surface area contributed by atoms with Gasteiger partial charge >= 0.3 is 12.3 Å². The minimum atomic E-state index is -3.70. The SMILES string of the molecule is COC(=O)c1ccc2c(c1)nc(Cl)n2Cc1cccc2c1OC(F)(F)O2. The highest BCUT2D eigenvalue weighted by Gasteiger charge is 2.44. The number of rotatable bonds is 3. The van der Waals surface area contributed by atoms with E-state index in [-0.39, 0.29) is 23.3 Å². The number of methoxy groups -OCH3 is 1. The maximum Gasteiger partial charge on any atom is 0.586 e. The molecule has 9 heteroatoms. The highest BCUT2D eigenvalue weighted by atomic mass is 35.5. The molecular formula is C17H11ClF2N2O4. The van der Waals surface area contributed by atoms with Crippen LogP contribution in [0.3, 0.4) is 0 Å². The second-order valence-corrected chi connectivity index (χ2v) is 5.91. The standard InChI is InChI=1S/C17H11ClF2N2O4/c1-24-15(23)9-5-6-12-11(7-9)21-16(18)22(12)8-10-3-2-4-13-14(10)26-17(19,20)25-13/h2-7H,8H2,1H3. The van der Waals surface area contributed by atoms with Gasteiger partial charge in [-0.1, -0.05) is 12.1 Å². The van der Waals surface area contributed by atoms with Crippen molar-refractivity contribution in [3.63, 3.8) is 0 Å². The predicted molar refractivity (Wildman–Crippen MR) is 87.8 cm³/mol. The number of para-hydroxylation sites is 1. The van der Waals surface area contributed by atoms with Gasteiger partial charge in [-0.2, -0.15) is 0 Å². The van der Waals surface area contributed by atoms with Crippen molar-refractivity contribution in [3.05, 3.63) is 52.8 Å². The molecule has 2 heterocycles. The molecular weight excluding hydrogens is 370 g/mol. The van der Waals surface area contributed by atoms with Crippen molar-refractivity contribution in [3.8, 4) is 11.5 Å². The van der Waals surface area contributed by atoms with Crippen LogP contribution < -0.4 is 9.47 Å². The topological polar surface area (TPSA) is 62.6 Å². The van der Waals surface area contributed by atoms with Gasteiger partial charge in [-0.25, -0.2) is 9.78 Å². The van der Waals surface area contributed by atoms with Crippen LogP contribution in [0.15, 0.2) is 36.4 Å². The van der Waals surface area contributed by atoms with Crippen LogP contribution in [0.1, 0.15) is 15.9 Å². The quantitative estimate of drug-likeness (QED) is 0.646. The Morgan fingerprint density at radius 1 is 1.31 bits per heavy atom. The number of ether oxygens (including phenoxy) is 3. The van der Waals surface area contributed by atoms with Crippen molar-refractivity contribution >= 4 is 28.6 Å². The summed E-state index contributed by atoms with van der Waals surface area (Å²) in [6.45, 7) is 0.134. The maximum atomic E-state index is 13.3. The molecule has 1 aromatic heterocycles. The molecule has 0 bridgehead atoms. The summed E-state index contributed by atoms with van der Waals surface area (Å²) in [5, 5.41) is 0.144. The van der Waals surface area contributed by atoms with Crippen LogP contribution in [-0.4, -0.2) is 28.9 Å². The summed E-state index contributed by atoms with van der Waals surface area (Å²) in [4.78, 5) is 15.8. The molecule has 0 saturated heterocycles. The van der Waals surface area contributed by atoms with Gasteiger partial charge in [-0.15, -0.1) is 8.78 Å². The molecule has 2 aromatic carbocycles. The van der Waals surface area contributed by atoms with Crippen LogP contribution in [0.25, 0.3) is 11.0 Å². The van der Waals surface area contributed by atoms with Crippen LogP contribution in [0.2, 0.25) is 5.28 Å². The molecule has 0 N–H and O–H groups in total. The van der Waals surface area contributed by atoms with Gasteiger partial charge in [0.15, 0.2) is 11.5 Å². The number of carbonyl (C=O) groups excluding carboxylic acids is 1. The van der Waals surface area contributed by atoms with Crippen molar-refractivity contribution in [2.45, 2.75) is 12.8 Å². The predicted octanol–water partition coefficient (Wildman–Crippen LogP) is 3.85. The Balaban J connectivity index is 1.74. The highest BCUT2D eigenvalue weighted by Crippen LogP contribution is 2.43. The van der Waals surface area contributed by atoms with Crippen molar-refractivity contribution < 1.29 is 27.8 Å². The van der Waals surface area contributed by atoms with Crippen LogP contribution in [0, 0.1) is 0 Å². The van der Waals surface area contributed by atoms with Gasteiger partial charge in [-0.05, 0) is 35.9 Å². The molecule has 0 unspecified atom stereocenters. The summed E-state index contributed by atoms with van der Waals surface area (Å²) in [5.74, 6) is -0.575.